The van der Waals surface area contributed by atoms with E-state index in [-0.39, 0.29) is 17.7 Å². The fourth-order valence-electron chi connectivity index (χ4n) is 2.49. The summed E-state index contributed by atoms with van der Waals surface area (Å²) >= 11 is 0. The topological polar surface area (TPSA) is 55.4 Å². The van der Waals surface area contributed by atoms with Gasteiger partial charge in [0, 0.05) is 6.04 Å². The zero-order valence-electron chi connectivity index (χ0n) is 12.0. The molecule has 108 valence electrons. The van der Waals surface area contributed by atoms with Crippen LogP contribution in [0.5, 0.6) is 5.75 Å². The van der Waals surface area contributed by atoms with Gasteiger partial charge in [0.15, 0.2) is 11.9 Å². The third kappa shape index (κ3) is 3.59. The Balaban J connectivity index is 1.98. The molecule has 0 radical (unpaired) electrons. The van der Waals surface area contributed by atoms with Gasteiger partial charge in [-0.1, -0.05) is 25.0 Å². The van der Waals surface area contributed by atoms with Gasteiger partial charge in [0.1, 0.15) is 5.75 Å². The highest BCUT2D eigenvalue weighted by Crippen LogP contribution is 2.21. The molecule has 0 bridgehead atoms. The van der Waals surface area contributed by atoms with Gasteiger partial charge in [-0.3, -0.25) is 9.59 Å². The first-order chi connectivity index (χ1) is 9.58. The summed E-state index contributed by atoms with van der Waals surface area (Å²) in [5.74, 6) is 0.285. The highest BCUT2D eigenvalue weighted by molar-refractivity contribution is 5.96. The van der Waals surface area contributed by atoms with Gasteiger partial charge in [-0.05, 0) is 38.8 Å². The molecule has 1 amide bonds. The monoisotopic (exact) mass is 275 g/mol. The molecular formula is C16H21NO3. The minimum atomic E-state index is -0.601. The lowest BCUT2D eigenvalue weighted by Crippen LogP contribution is -2.41. The van der Waals surface area contributed by atoms with E-state index in [2.05, 4.69) is 5.32 Å². The first-order valence-electron chi connectivity index (χ1n) is 7.15. The molecule has 2 rings (SSSR count). The molecule has 0 heterocycles. The zero-order valence-corrected chi connectivity index (χ0v) is 12.0. The smallest absolute Gasteiger partial charge is 0.260 e. The van der Waals surface area contributed by atoms with Gasteiger partial charge in [0.2, 0.25) is 0 Å². The Bertz CT molecular complexity index is 492. The number of carbonyl (C=O) groups is 2. The highest BCUT2D eigenvalue weighted by Gasteiger charge is 2.22. The molecule has 1 aliphatic carbocycles. The number of para-hydroxylation sites is 1. The molecule has 0 spiro atoms. The molecule has 1 atom stereocenters. The SMILES string of the molecule is CC(=O)c1ccccc1OC(C)C(=O)NC1CCCC1. The summed E-state index contributed by atoms with van der Waals surface area (Å²) in [7, 11) is 0. The molecule has 0 saturated heterocycles. The van der Waals surface area contributed by atoms with Crippen LogP contribution in [-0.2, 0) is 4.79 Å². The van der Waals surface area contributed by atoms with Gasteiger partial charge in [-0.2, -0.15) is 0 Å². The number of carbonyl (C=O) groups excluding carboxylic acids is 2. The Morgan fingerprint density at radius 3 is 2.55 bits per heavy atom. The molecule has 20 heavy (non-hydrogen) atoms. The van der Waals surface area contributed by atoms with Crippen molar-refractivity contribution >= 4 is 11.7 Å². The van der Waals surface area contributed by atoms with Crippen LogP contribution in [0.1, 0.15) is 49.9 Å². The van der Waals surface area contributed by atoms with E-state index in [1.54, 1.807) is 31.2 Å². The average Bonchev–Trinajstić information content (AvgIpc) is 2.91. The van der Waals surface area contributed by atoms with Crippen molar-refractivity contribution in [1.29, 1.82) is 0 Å². The summed E-state index contributed by atoms with van der Waals surface area (Å²) in [6.07, 6.45) is 3.84. The van der Waals surface area contributed by atoms with E-state index in [1.165, 1.54) is 19.8 Å². The fraction of sp³-hybridized carbons (Fsp3) is 0.500. The lowest BCUT2D eigenvalue weighted by molar-refractivity contribution is -0.127. The van der Waals surface area contributed by atoms with Crippen LogP contribution >= 0.6 is 0 Å². The van der Waals surface area contributed by atoms with E-state index >= 15 is 0 Å². The van der Waals surface area contributed by atoms with Crippen LogP contribution in [0.4, 0.5) is 0 Å². The predicted molar refractivity (Wildman–Crippen MR) is 76.9 cm³/mol. The molecule has 4 heteroatoms. The maximum Gasteiger partial charge on any atom is 0.260 e. The molecule has 4 nitrogen and oxygen atoms in total. The van der Waals surface area contributed by atoms with Gasteiger partial charge in [-0.25, -0.2) is 0 Å². The minimum Gasteiger partial charge on any atom is -0.480 e. The van der Waals surface area contributed by atoms with Gasteiger partial charge in [0.05, 0.1) is 5.56 Å². The van der Waals surface area contributed by atoms with Crippen molar-refractivity contribution < 1.29 is 14.3 Å². The van der Waals surface area contributed by atoms with E-state index in [4.69, 9.17) is 4.74 Å². The Morgan fingerprint density at radius 2 is 1.90 bits per heavy atom. The lowest BCUT2D eigenvalue weighted by Gasteiger charge is -2.19. The summed E-state index contributed by atoms with van der Waals surface area (Å²) in [6, 6.07) is 7.28. The van der Waals surface area contributed by atoms with E-state index in [0.717, 1.165) is 12.8 Å². The van der Waals surface area contributed by atoms with E-state index in [1.807, 2.05) is 0 Å². The van der Waals surface area contributed by atoms with Crippen molar-refractivity contribution in [3.05, 3.63) is 29.8 Å². The van der Waals surface area contributed by atoms with Crippen LogP contribution in [0, 0.1) is 0 Å². The standard InChI is InChI=1S/C16H21NO3/c1-11(18)14-9-5-6-10-15(14)20-12(2)16(19)17-13-7-3-4-8-13/h5-6,9-10,12-13H,3-4,7-8H2,1-2H3,(H,17,19). The zero-order chi connectivity index (χ0) is 14.5. The van der Waals surface area contributed by atoms with Gasteiger partial charge in [0.25, 0.3) is 5.91 Å². The first kappa shape index (κ1) is 14.6. The van der Waals surface area contributed by atoms with Crippen LogP contribution in [0.15, 0.2) is 24.3 Å². The number of rotatable bonds is 5. The lowest BCUT2D eigenvalue weighted by atomic mass is 10.1. The quantitative estimate of drug-likeness (QED) is 0.841. The van der Waals surface area contributed by atoms with Crippen molar-refractivity contribution in [1.82, 2.24) is 5.32 Å². The number of ketones is 1. The molecule has 1 aromatic rings. The van der Waals surface area contributed by atoms with E-state index in [0.29, 0.717) is 11.3 Å². The largest absolute Gasteiger partial charge is 0.480 e. The maximum atomic E-state index is 12.1. The molecule has 1 unspecified atom stereocenters. The molecule has 0 aliphatic heterocycles. The van der Waals surface area contributed by atoms with Crippen LogP contribution in [0.3, 0.4) is 0 Å². The Kier molecular flexibility index (Phi) is 4.77. The maximum absolute atomic E-state index is 12.1. The van der Waals surface area contributed by atoms with Crippen LogP contribution in [-0.4, -0.2) is 23.8 Å². The van der Waals surface area contributed by atoms with Crippen molar-refractivity contribution in [3.63, 3.8) is 0 Å². The molecule has 0 aromatic heterocycles. The molecule has 1 aromatic carbocycles. The predicted octanol–water partition coefficient (Wildman–Crippen LogP) is 2.72. The van der Waals surface area contributed by atoms with E-state index in [9.17, 15) is 9.59 Å². The van der Waals surface area contributed by atoms with Crippen molar-refractivity contribution in [2.75, 3.05) is 0 Å². The summed E-state index contributed by atoms with van der Waals surface area (Å²) in [4.78, 5) is 23.6. The van der Waals surface area contributed by atoms with Crippen LogP contribution < -0.4 is 10.1 Å². The van der Waals surface area contributed by atoms with Crippen LogP contribution in [0.2, 0.25) is 0 Å². The molecule has 1 N–H and O–H groups in total. The minimum absolute atomic E-state index is 0.0657. The number of amides is 1. The number of Topliss-reactive ketones (excluding diaryl/α,β-unsaturated/α-hetero) is 1. The third-order valence-corrected chi connectivity index (χ3v) is 3.64. The molecular weight excluding hydrogens is 254 g/mol. The normalized spacial score (nSPS) is 16.7. The Labute approximate surface area is 119 Å². The second-order valence-electron chi connectivity index (χ2n) is 5.30. The number of hydrogen-bond donors (Lipinski definition) is 1. The Hall–Kier alpha value is -1.84. The van der Waals surface area contributed by atoms with Crippen molar-refractivity contribution in [2.45, 2.75) is 51.7 Å². The summed E-state index contributed by atoms with van der Waals surface area (Å²) in [5.41, 5.74) is 0.507. The van der Waals surface area contributed by atoms with E-state index < -0.39 is 6.10 Å². The fourth-order valence-corrected chi connectivity index (χ4v) is 2.49. The van der Waals surface area contributed by atoms with Crippen molar-refractivity contribution in [3.8, 4) is 5.75 Å². The molecule has 1 fully saturated rings. The Morgan fingerprint density at radius 1 is 1.25 bits per heavy atom. The number of benzene rings is 1. The van der Waals surface area contributed by atoms with Gasteiger partial charge in [-0.15, -0.1) is 0 Å². The number of nitrogens with one attached hydrogen (secondary N) is 1. The third-order valence-electron chi connectivity index (χ3n) is 3.64. The van der Waals surface area contributed by atoms with Gasteiger partial charge >= 0.3 is 0 Å². The second-order valence-corrected chi connectivity index (χ2v) is 5.30. The first-order valence-corrected chi connectivity index (χ1v) is 7.15. The summed E-state index contributed by atoms with van der Waals surface area (Å²) < 4.78 is 5.65. The summed E-state index contributed by atoms with van der Waals surface area (Å²) in [5, 5.41) is 3.00. The van der Waals surface area contributed by atoms with Gasteiger partial charge < -0.3 is 10.1 Å². The average molecular weight is 275 g/mol. The number of hydrogen-bond acceptors (Lipinski definition) is 3. The highest BCUT2D eigenvalue weighted by atomic mass is 16.5. The molecule has 1 saturated carbocycles. The van der Waals surface area contributed by atoms with Crippen molar-refractivity contribution in [2.24, 2.45) is 0 Å². The summed E-state index contributed by atoms with van der Waals surface area (Å²) in [6.45, 7) is 3.20. The van der Waals surface area contributed by atoms with Crippen LogP contribution in [0.25, 0.3) is 0 Å². The second kappa shape index (κ2) is 6.55. The molecule has 1 aliphatic rings. The number of ether oxygens (including phenoxy) is 1.